The molecule has 0 aliphatic carbocycles. The lowest BCUT2D eigenvalue weighted by Crippen LogP contribution is -2.17. The molecule has 0 saturated carbocycles. The highest BCUT2D eigenvalue weighted by molar-refractivity contribution is 9.10. The van der Waals surface area contributed by atoms with Crippen LogP contribution in [-0.4, -0.2) is 44.0 Å². The standard InChI is InChI=1S/C24H22BrN3O6S/c1-3-33-22(29)14-26-24-23(27-21-12-7-17(25)15-28(21)24)16-5-4-6-19(13-16)34-35(30,31)20-10-8-18(32-2)9-11-20/h4-13,15,26H,3,14H2,1-2H3. The van der Waals surface area contributed by atoms with Crippen LogP contribution in [0.1, 0.15) is 6.92 Å². The summed E-state index contributed by atoms with van der Waals surface area (Å²) in [6.07, 6.45) is 1.81. The van der Waals surface area contributed by atoms with E-state index in [0.29, 0.717) is 28.5 Å². The first-order valence-electron chi connectivity index (χ1n) is 10.6. The number of carbonyl (C=O) groups is 1. The zero-order chi connectivity index (χ0) is 25.0. The van der Waals surface area contributed by atoms with Crippen molar-refractivity contribution in [3.8, 4) is 22.8 Å². The fourth-order valence-electron chi connectivity index (χ4n) is 3.37. The van der Waals surface area contributed by atoms with Crippen LogP contribution in [0.15, 0.2) is 76.2 Å². The van der Waals surface area contributed by atoms with Crippen molar-refractivity contribution in [1.82, 2.24) is 9.38 Å². The molecule has 2 heterocycles. The van der Waals surface area contributed by atoms with Crippen molar-refractivity contribution in [1.29, 1.82) is 0 Å². The summed E-state index contributed by atoms with van der Waals surface area (Å²) in [6, 6.07) is 16.1. The van der Waals surface area contributed by atoms with Crippen molar-refractivity contribution in [2.75, 3.05) is 25.6 Å². The summed E-state index contributed by atoms with van der Waals surface area (Å²) in [5, 5.41) is 3.09. The summed E-state index contributed by atoms with van der Waals surface area (Å²) in [7, 11) is -2.57. The Bertz CT molecular complexity index is 1470. The van der Waals surface area contributed by atoms with E-state index in [1.807, 2.05) is 18.3 Å². The van der Waals surface area contributed by atoms with Gasteiger partial charge in [-0.25, -0.2) is 4.98 Å². The van der Waals surface area contributed by atoms with Crippen LogP contribution in [0.25, 0.3) is 16.9 Å². The number of pyridine rings is 1. The van der Waals surface area contributed by atoms with Crippen LogP contribution in [0.2, 0.25) is 0 Å². The average Bonchev–Trinajstić information content (AvgIpc) is 3.20. The van der Waals surface area contributed by atoms with Gasteiger partial charge in [-0.05, 0) is 71.4 Å². The number of anilines is 1. The van der Waals surface area contributed by atoms with Crippen LogP contribution in [0.3, 0.4) is 0 Å². The first-order valence-corrected chi connectivity index (χ1v) is 12.8. The molecule has 9 nitrogen and oxygen atoms in total. The Labute approximate surface area is 210 Å². The summed E-state index contributed by atoms with van der Waals surface area (Å²) in [4.78, 5) is 16.6. The van der Waals surface area contributed by atoms with Gasteiger partial charge in [0.05, 0.1) is 13.7 Å². The van der Waals surface area contributed by atoms with Gasteiger partial charge in [0.2, 0.25) is 0 Å². The van der Waals surface area contributed by atoms with Gasteiger partial charge in [-0.1, -0.05) is 12.1 Å². The number of imidazole rings is 1. The highest BCUT2D eigenvalue weighted by atomic mass is 79.9. The molecule has 0 radical (unpaired) electrons. The number of carbonyl (C=O) groups excluding carboxylic acids is 1. The van der Waals surface area contributed by atoms with Crippen LogP contribution in [0.5, 0.6) is 11.5 Å². The molecule has 4 rings (SSSR count). The van der Waals surface area contributed by atoms with Crippen LogP contribution in [0, 0.1) is 0 Å². The Morgan fingerprint density at radius 2 is 1.86 bits per heavy atom. The third kappa shape index (κ3) is 5.57. The highest BCUT2D eigenvalue weighted by Gasteiger charge is 2.19. The molecule has 182 valence electrons. The molecule has 0 aliphatic heterocycles. The van der Waals surface area contributed by atoms with Crippen molar-refractivity contribution in [2.24, 2.45) is 0 Å². The summed E-state index contributed by atoms with van der Waals surface area (Å²) in [5.41, 5.74) is 1.74. The van der Waals surface area contributed by atoms with Gasteiger partial charge >= 0.3 is 16.1 Å². The van der Waals surface area contributed by atoms with Crippen molar-refractivity contribution >= 4 is 43.5 Å². The van der Waals surface area contributed by atoms with Gasteiger partial charge in [-0.3, -0.25) is 9.20 Å². The number of ether oxygens (including phenoxy) is 2. The maximum Gasteiger partial charge on any atom is 0.339 e. The van der Waals surface area contributed by atoms with Crippen LogP contribution < -0.4 is 14.2 Å². The predicted molar refractivity (Wildman–Crippen MR) is 134 cm³/mol. The smallest absolute Gasteiger partial charge is 0.339 e. The van der Waals surface area contributed by atoms with E-state index in [0.717, 1.165) is 4.47 Å². The number of methoxy groups -OCH3 is 1. The molecule has 11 heteroatoms. The second kappa shape index (κ2) is 10.4. The Kier molecular flexibility index (Phi) is 7.27. The third-order valence-corrected chi connectivity index (χ3v) is 6.68. The molecule has 0 saturated heterocycles. The Morgan fingerprint density at radius 3 is 2.57 bits per heavy atom. The third-order valence-electron chi connectivity index (χ3n) is 4.95. The second-order valence-electron chi connectivity index (χ2n) is 7.28. The van der Waals surface area contributed by atoms with Gasteiger partial charge in [-0.2, -0.15) is 8.42 Å². The number of esters is 1. The summed E-state index contributed by atoms with van der Waals surface area (Å²) in [6.45, 7) is 1.94. The zero-order valence-electron chi connectivity index (χ0n) is 18.9. The quantitative estimate of drug-likeness (QED) is 0.235. The molecule has 0 unspecified atom stereocenters. The number of aromatic nitrogens is 2. The fourth-order valence-corrected chi connectivity index (χ4v) is 4.63. The molecule has 0 atom stereocenters. The molecular formula is C24H22BrN3O6S. The van der Waals surface area contributed by atoms with E-state index in [-0.39, 0.29) is 23.8 Å². The molecule has 0 amide bonds. The summed E-state index contributed by atoms with van der Waals surface area (Å²) < 4.78 is 43.6. The number of nitrogens with zero attached hydrogens (tertiary/aromatic N) is 2. The highest BCUT2D eigenvalue weighted by Crippen LogP contribution is 2.32. The van der Waals surface area contributed by atoms with Gasteiger partial charge < -0.3 is 19.0 Å². The van der Waals surface area contributed by atoms with Crippen molar-refractivity contribution in [3.05, 3.63) is 71.3 Å². The normalized spacial score (nSPS) is 11.3. The van der Waals surface area contributed by atoms with E-state index in [2.05, 4.69) is 26.2 Å². The first-order chi connectivity index (χ1) is 16.8. The van der Waals surface area contributed by atoms with Gasteiger partial charge in [0, 0.05) is 16.2 Å². The van der Waals surface area contributed by atoms with E-state index in [1.165, 1.54) is 19.2 Å². The summed E-state index contributed by atoms with van der Waals surface area (Å²) >= 11 is 3.45. The summed E-state index contributed by atoms with van der Waals surface area (Å²) in [5.74, 6) is 0.788. The maximum atomic E-state index is 12.8. The topological polar surface area (TPSA) is 108 Å². The monoisotopic (exact) mass is 559 g/mol. The molecule has 4 aromatic rings. The molecule has 1 N–H and O–H groups in total. The minimum Gasteiger partial charge on any atom is -0.497 e. The largest absolute Gasteiger partial charge is 0.497 e. The van der Waals surface area contributed by atoms with Gasteiger partial charge in [0.1, 0.15) is 40.1 Å². The first kappa shape index (κ1) is 24.6. The van der Waals surface area contributed by atoms with Crippen molar-refractivity contribution in [2.45, 2.75) is 11.8 Å². The average molecular weight is 560 g/mol. The number of hydrogen-bond acceptors (Lipinski definition) is 8. The number of rotatable bonds is 9. The van der Waals surface area contributed by atoms with E-state index in [1.54, 1.807) is 47.7 Å². The molecule has 2 aromatic heterocycles. The predicted octanol–water partition coefficient (Wildman–Crippen LogP) is 4.52. The Balaban J connectivity index is 1.68. The van der Waals surface area contributed by atoms with Crippen LogP contribution in [0.4, 0.5) is 5.82 Å². The zero-order valence-corrected chi connectivity index (χ0v) is 21.3. The minimum atomic E-state index is -4.07. The van der Waals surface area contributed by atoms with E-state index < -0.39 is 16.1 Å². The Hall–Kier alpha value is -3.57. The number of fused-ring (bicyclic) bond motifs is 1. The number of benzene rings is 2. The maximum absolute atomic E-state index is 12.8. The van der Waals surface area contributed by atoms with Gasteiger partial charge in [0.25, 0.3) is 0 Å². The lowest BCUT2D eigenvalue weighted by atomic mass is 10.1. The lowest BCUT2D eigenvalue weighted by molar-refractivity contribution is -0.140. The van der Waals surface area contributed by atoms with E-state index in [9.17, 15) is 13.2 Å². The number of nitrogens with one attached hydrogen (secondary N) is 1. The molecule has 2 aromatic carbocycles. The SMILES string of the molecule is CCOC(=O)CNc1c(-c2cccc(OS(=O)(=O)c3ccc(OC)cc3)c2)nc2ccc(Br)cn12. The van der Waals surface area contributed by atoms with Gasteiger partial charge in [-0.15, -0.1) is 0 Å². The molecular weight excluding hydrogens is 538 g/mol. The second-order valence-corrected chi connectivity index (χ2v) is 9.75. The molecule has 0 spiro atoms. The van der Waals surface area contributed by atoms with E-state index in [4.69, 9.17) is 13.7 Å². The van der Waals surface area contributed by atoms with Crippen molar-refractivity contribution in [3.63, 3.8) is 0 Å². The Morgan fingerprint density at radius 1 is 1.09 bits per heavy atom. The van der Waals surface area contributed by atoms with Gasteiger partial charge in [0.15, 0.2) is 0 Å². The lowest BCUT2D eigenvalue weighted by Gasteiger charge is -2.11. The van der Waals surface area contributed by atoms with E-state index >= 15 is 0 Å². The molecule has 0 fully saturated rings. The number of hydrogen-bond donors (Lipinski definition) is 1. The van der Waals surface area contributed by atoms with Crippen LogP contribution >= 0.6 is 15.9 Å². The van der Waals surface area contributed by atoms with Crippen LogP contribution in [-0.2, 0) is 19.6 Å². The molecule has 0 aliphatic rings. The number of halogens is 1. The molecule has 35 heavy (non-hydrogen) atoms. The minimum absolute atomic E-state index is 0.00178. The molecule has 0 bridgehead atoms. The fraction of sp³-hybridized carbons (Fsp3) is 0.167. The van der Waals surface area contributed by atoms with Crippen molar-refractivity contribution < 1.29 is 26.9 Å².